The van der Waals surface area contributed by atoms with Crippen LogP contribution < -0.4 is 5.32 Å². The van der Waals surface area contributed by atoms with Crippen LogP contribution in [-0.2, 0) is 14.6 Å². The smallest absolute Gasteiger partial charge is 0.158 e. The van der Waals surface area contributed by atoms with Crippen LogP contribution in [0.2, 0.25) is 0 Å². The summed E-state index contributed by atoms with van der Waals surface area (Å²) in [7, 11) is -2.87. The summed E-state index contributed by atoms with van der Waals surface area (Å²) < 4.78 is 28.1. The summed E-state index contributed by atoms with van der Waals surface area (Å²) >= 11 is 0. The van der Waals surface area contributed by atoms with Crippen molar-refractivity contribution in [2.45, 2.75) is 17.7 Å². The second kappa shape index (κ2) is 2.97. The number of nitrogens with one attached hydrogen (secondary N) is 1. The van der Waals surface area contributed by atoms with Gasteiger partial charge in [0.2, 0.25) is 0 Å². The second-order valence-electron chi connectivity index (χ2n) is 3.33. The van der Waals surface area contributed by atoms with E-state index < -0.39 is 9.84 Å². The lowest BCUT2D eigenvalue weighted by molar-refractivity contribution is 0.0791. The van der Waals surface area contributed by atoms with Crippen LogP contribution in [0.5, 0.6) is 0 Å². The van der Waals surface area contributed by atoms with E-state index in [1.54, 1.807) is 0 Å². The molecule has 2 heterocycles. The second-order valence-corrected chi connectivity index (χ2v) is 5.67. The third-order valence-electron chi connectivity index (χ3n) is 2.56. The van der Waals surface area contributed by atoms with Crippen molar-refractivity contribution in [1.29, 1.82) is 0 Å². The molecule has 0 saturated carbocycles. The van der Waals surface area contributed by atoms with Crippen LogP contribution in [-0.4, -0.2) is 45.2 Å². The van der Waals surface area contributed by atoms with E-state index in [-0.39, 0.29) is 17.0 Å². The van der Waals surface area contributed by atoms with Crippen LogP contribution in [0, 0.1) is 0 Å². The highest BCUT2D eigenvalue weighted by atomic mass is 32.2. The van der Waals surface area contributed by atoms with Crippen molar-refractivity contribution in [3.63, 3.8) is 0 Å². The summed E-state index contributed by atoms with van der Waals surface area (Å²) in [5, 5.41) is 2.93. The van der Waals surface area contributed by atoms with Gasteiger partial charge in [0.15, 0.2) is 9.84 Å². The third-order valence-corrected chi connectivity index (χ3v) is 4.72. The quantitative estimate of drug-likeness (QED) is 0.542. The summed E-state index contributed by atoms with van der Waals surface area (Å²) in [5.74, 6) is 0.261. The van der Waals surface area contributed by atoms with E-state index in [0.717, 1.165) is 6.42 Å². The van der Waals surface area contributed by atoms with Crippen LogP contribution in [0.3, 0.4) is 0 Å². The Morgan fingerprint density at radius 1 is 1.42 bits per heavy atom. The maximum atomic E-state index is 11.5. The predicted octanol–water partition coefficient (Wildman–Crippen LogP) is -0.838. The molecule has 0 bridgehead atoms. The van der Waals surface area contributed by atoms with Crippen LogP contribution in [0.15, 0.2) is 0 Å². The van der Waals surface area contributed by atoms with Gasteiger partial charge in [-0.3, -0.25) is 0 Å². The van der Waals surface area contributed by atoms with Gasteiger partial charge in [0.25, 0.3) is 0 Å². The average molecular weight is 191 g/mol. The van der Waals surface area contributed by atoms with E-state index in [0.29, 0.717) is 19.8 Å². The van der Waals surface area contributed by atoms with Gasteiger partial charge in [-0.15, -0.1) is 0 Å². The van der Waals surface area contributed by atoms with E-state index in [1.165, 1.54) is 0 Å². The first kappa shape index (κ1) is 8.47. The number of fused-ring (bicyclic) bond motifs is 1. The van der Waals surface area contributed by atoms with Gasteiger partial charge >= 0.3 is 0 Å². The molecule has 5 heteroatoms. The molecule has 70 valence electrons. The van der Waals surface area contributed by atoms with Crippen molar-refractivity contribution in [1.82, 2.24) is 5.32 Å². The summed E-state index contributed by atoms with van der Waals surface area (Å²) in [4.78, 5) is 0. The summed E-state index contributed by atoms with van der Waals surface area (Å²) in [6, 6.07) is 0.137. The van der Waals surface area contributed by atoms with Crippen LogP contribution in [0.25, 0.3) is 0 Å². The van der Waals surface area contributed by atoms with Crippen molar-refractivity contribution < 1.29 is 13.2 Å². The molecule has 1 N–H and O–H groups in total. The zero-order chi connectivity index (χ0) is 8.60. The number of hydrogen-bond acceptors (Lipinski definition) is 4. The first-order chi connectivity index (χ1) is 5.70. The Kier molecular flexibility index (Phi) is 2.10. The molecule has 2 rings (SSSR count). The first-order valence-corrected chi connectivity index (χ1v) is 5.94. The number of rotatable bonds is 0. The van der Waals surface area contributed by atoms with E-state index >= 15 is 0 Å². The van der Waals surface area contributed by atoms with Crippen molar-refractivity contribution in [3.8, 4) is 0 Å². The Hall–Kier alpha value is -0.130. The molecule has 4 nitrogen and oxygen atoms in total. The highest BCUT2D eigenvalue weighted by Gasteiger charge is 2.38. The SMILES string of the molecule is O=S1(=O)CCN[C@H]2CCOC[C@H]21. The Balaban J connectivity index is 2.20. The molecule has 0 unspecified atom stereocenters. The first-order valence-electron chi connectivity index (χ1n) is 4.23. The normalized spacial score (nSPS) is 40.3. The van der Waals surface area contributed by atoms with Gasteiger partial charge in [0, 0.05) is 19.2 Å². The average Bonchev–Trinajstić information content (AvgIpc) is 2.04. The molecule has 0 aromatic heterocycles. The lowest BCUT2D eigenvalue weighted by Gasteiger charge is -2.35. The van der Waals surface area contributed by atoms with E-state index in [4.69, 9.17) is 4.74 Å². The zero-order valence-corrected chi connectivity index (χ0v) is 7.64. The molecule has 2 aliphatic rings. The molecule has 0 spiro atoms. The molecule has 2 saturated heterocycles. The molecule has 12 heavy (non-hydrogen) atoms. The fourth-order valence-electron chi connectivity index (χ4n) is 1.84. The standard InChI is InChI=1S/C7H13NO3S/c9-12(10)4-2-8-6-1-3-11-5-7(6)12/h6-8H,1-5H2/t6-,7+/m0/s1. The molecule has 0 aromatic carbocycles. The van der Waals surface area contributed by atoms with Gasteiger partial charge in [0.05, 0.1) is 12.4 Å². The highest BCUT2D eigenvalue weighted by Crippen LogP contribution is 2.19. The Bertz CT molecular complexity index is 260. The minimum Gasteiger partial charge on any atom is -0.380 e. The predicted molar refractivity (Wildman–Crippen MR) is 44.8 cm³/mol. The summed E-state index contributed by atoms with van der Waals surface area (Å²) in [6.45, 7) is 1.66. The lowest BCUT2D eigenvalue weighted by atomic mass is 10.1. The monoisotopic (exact) mass is 191 g/mol. The van der Waals surface area contributed by atoms with E-state index in [9.17, 15) is 8.42 Å². The van der Waals surface area contributed by atoms with Gasteiger partial charge < -0.3 is 10.1 Å². The lowest BCUT2D eigenvalue weighted by Crippen LogP contribution is -2.56. The molecule has 0 aliphatic carbocycles. The summed E-state index contributed by atoms with van der Waals surface area (Å²) in [6.07, 6.45) is 0.823. The van der Waals surface area contributed by atoms with Crippen LogP contribution >= 0.6 is 0 Å². The Labute approximate surface area is 72.2 Å². The fourth-order valence-corrected chi connectivity index (χ4v) is 3.58. The molecule has 2 atom stereocenters. The van der Waals surface area contributed by atoms with Crippen LogP contribution in [0.1, 0.15) is 6.42 Å². The third kappa shape index (κ3) is 1.36. The van der Waals surface area contributed by atoms with Gasteiger partial charge in [-0.05, 0) is 6.42 Å². The number of hydrogen-bond donors (Lipinski definition) is 1. The maximum absolute atomic E-state index is 11.5. The maximum Gasteiger partial charge on any atom is 0.158 e. The van der Waals surface area contributed by atoms with Crippen molar-refractivity contribution >= 4 is 9.84 Å². The highest BCUT2D eigenvalue weighted by molar-refractivity contribution is 7.92. The largest absolute Gasteiger partial charge is 0.380 e. The van der Waals surface area contributed by atoms with E-state index in [1.807, 2.05) is 0 Å². The van der Waals surface area contributed by atoms with Crippen molar-refractivity contribution in [2.24, 2.45) is 0 Å². The Morgan fingerprint density at radius 3 is 3.00 bits per heavy atom. The molecular weight excluding hydrogens is 178 g/mol. The Morgan fingerprint density at radius 2 is 2.25 bits per heavy atom. The van der Waals surface area contributed by atoms with Gasteiger partial charge in [-0.25, -0.2) is 8.42 Å². The summed E-state index contributed by atoms with van der Waals surface area (Å²) in [5.41, 5.74) is 0. The van der Waals surface area contributed by atoms with E-state index in [2.05, 4.69) is 5.32 Å². The van der Waals surface area contributed by atoms with Crippen molar-refractivity contribution in [2.75, 3.05) is 25.5 Å². The van der Waals surface area contributed by atoms with Gasteiger partial charge in [-0.1, -0.05) is 0 Å². The molecule has 2 fully saturated rings. The van der Waals surface area contributed by atoms with Gasteiger partial charge in [0.1, 0.15) is 5.25 Å². The van der Waals surface area contributed by atoms with Crippen LogP contribution in [0.4, 0.5) is 0 Å². The molecule has 2 aliphatic heterocycles. The molecule has 0 radical (unpaired) electrons. The number of ether oxygens (including phenoxy) is 1. The topological polar surface area (TPSA) is 55.4 Å². The molecular formula is C7H13NO3S. The molecule has 0 aromatic rings. The van der Waals surface area contributed by atoms with Crippen molar-refractivity contribution in [3.05, 3.63) is 0 Å². The fraction of sp³-hybridized carbons (Fsp3) is 1.00. The number of sulfone groups is 1. The van der Waals surface area contributed by atoms with Gasteiger partial charge in [-0.2, -0.15) is 0 Å². The molecule has 0 amide bonds. The minimum absolute atomic E-state index is 0.137. The minimum atomic E-state index is -2.87. The zero-order valence-electron chi connectivity index (χ0n) is 6.82.